The monoisotopic (exact) mass is 262 g/mol. The van der Waals surface area contributed by atoms with Crippen molar-refractivity contribution in [1.82, 2.24) is 4.98 Å². The first-order valence-electron chi connectivity index (χ1n) is 4.64. The molecule has 2 atom stereocenters. The van der Waals surface area contributed by atoms with Gasteiger partial charge in [-0.3, -0.25) is 4.98 Å². The summed E-state index contributed by atoms with van der Waals surface area (Å²) in [7, 11) is 0. The average molecular weight is 263 g/mol. The molecule has 0 bridgehead atoms. The zero-order valence-corrected chi connectivity index (χ0v) is 9.36. The number of hydrogen-bond donors (Lipinski definition) is 0. The van der Waals surface area contributed by atoms with E-state index in [4.69, 9.17) is 4.74 Å². The van der Waals surface area contributed by atoms with Crippen LogP contribution in [0.3, 0.4) is 0 Å². The molecule has 15 heavy (non-hydrogen) atoms. The van der Waals surface area contributed by atoms with Crippen LogP contribution in [0.2, 0.25) is 0 Å². The average Bonchev–Trinajstić information content (AvgIpc) is 2.65. The van der Waals surface area contributed by atoms with E-state index in [2.05, 4.69) is 27.0 Å². The first-order chi connectivity index (χ1) is 7.29. The highest BCUT2D eigenvalue weighted by Gasteiger charge is 2.66. The highest BCUT2D eigenvalue weighted by Crippen LogP contribution is 2.61. The van der Waals surface area contributed by atoms with Gasteiger partial charge in [-0.05, 0) is 28.1 Å². The Morgan fingerprint density at radius 1 is 1.60 bits per heavy atom. The number of pyridine rings is 1. The fourth-order valence-electron chi connectivity index (χ4n) is 2.18. The van der Waals surface area contributed by atoms with Crippen LogP contribution in [0.25, 0.3) is 0 Å². The topological polar surface area (TPSA) is 45.9 Å². The molecule has 74 valence electrons. The van der Waals surface area contributed by atoms with Gasteiger partial charge >= 0.3 is 0 Å². The molecule has 0 radical (unpaired) electrons. The number of fused-ring (bicyclic) bond motifs is 1. The molecule has 0 N–H and O–H groups in total. The summed E-state index contributed by atoms with van der Waals surface area (Å²) in [5.74, 6) is 0.219. The van der Waals surface area contributed by atoms with Gasteiger partial charge in [0.2, 0.25) is 0 Å². The molecule has 1 fully saturated rings. The van der Waals surface area contributed by atoms with E-state index in [0.29, 0.717) is 6.61 Å². The van der Waals surface area contributed by atoms with Crippen molar-refractivity contribution >= 4 is 15.9 Å². The quantitative estimate of drug-likeness (QED) is 0.779. The van der Waals surface area contributed by atoms with Gasteiger partial charge in [-0.2, -0.15) is 5.26 Å². The van der Waals surface area contributed by atoms with E-state index in [0.717, 1.165) is 15.7 Å². The Bertz CT molecular complexity index is 488. The van der Waals surface area contributed by atoms with Crippen LogP contribution in [0.1, 0.15) is 5.69 Å². The van der Waals surface area contributed by atoms with Crippen molar-refractivity contribution < 1.29 is 4.74 Å². The van der Waals surface area contributed by atoms with Crippen molar-refractivity contribution in [2.24, 2.45) is 5.92 Å². The number of nitrogens with zero attached hydrogens (tertiary/aromatic N) is 2. The van der Waals surface area contributed by atoms with E-state index in [1.54, 1.807) is 12.5 Å². The number of aromatic nitrogens is 1. The molecule has 0 saturated heterocycles. The molecular weight excluding hydrogens is 256 g/mol. The van der Waals surface area contributed by atoms with E-state index in [-0.39, 0.29) is 5.92 Å². The number of rotatable bonds is 1. The van der Waals surface area contributed by atoms with Gasteiger partial charge in [0, 0.05) is 22.2 Å². The summed E-state index contributed by atoms with van der Waals surface area (Å²) in [4.78, 5) is 4.30. The van der Waals surface area contributed by atoms with E-state index in [9.17, 15) is 5.26 Å². The first-order valence-corrected chi connectivity index (χ1v) is 5.44. The SMILES string of the molecule is N#C[C@@]1(c2ccc(Br)cn2)C2=COCC21. The maximum Gasteiger partial charge on any atom is 0.134 e. The molecule has 3 rings (SSSR count). The Morgan fingerprint density at radius 3 is 3.00 bits per heavy atom. The van der Waals surface area contributed by atoms with Crippen LogP contribution >= 0.6 is 15.9 Å². The molecule has 1 aromatic rings. The molecule has 1 saturated carbocycles. The van der Waals surface area contributed by atoms with Gasteiger partial charge < -0.3 is 4.74 Å². The fraction of sp³-hybridized carbons (Fsp3) is 0.273. The summed E-state index contributed by atoms with van der Waals surface area (Å²) in [5.41, 5.74) is 1.39. The molecule has 2 heterocycles. The van der Waals surface area contributed by atoms with Gasteiger partial charge in [0.25, 0.3) is 0 Å². The van der Waals surface area contributed by atoms with E-state index in [1.807, 2.05) is 12.1 Å². The smallest absolute Gasteiger partial charge is 0.134 e. The molecule has 4 heteroatoms. The zero-order valence-electron chi connectivity index (χ0n) is 7.77. The second kappa shape index (κ2) is 2.83. The molecule has 2 aliphatic rings. The largest absolute Gasteiger partial charge is 0.500 e. The summed E-state index contributed by atoms with van der Waals surface area (Å²) in [5, 5.41) is 9.29. The van der Waals surface area contributed by atoms with Crippen molar-refractivity contribution in [3.63, 3.8) is 0 Å². The Balaban J connectivity index is 2.08. The third kappa shape index (κ3) is 1.01. The predicted octanol–water partition coefficient (Wildman–Crippen LogP) is 2.15. The summed E-state index contributed by atoms with van der Waals surface area (Å²) in [6, 6.07) is 6.17. The lowest BCUT2D eigenvalue weighted by Gasteiger charge is -2.08. The Hall–Kier alpha value is -1.34. The standard InChI is InChI=1S/C11H7BrN2O/c12-7-1-2-10(14-3-7)11(6-13)8-4-15-5-9(8)11/h1-4,9H,5H2/t9?,11-/m1/s1. The van der Waals surface area contributed by atoms with Crippen LogP contribution in [0.15, 0.2) is 34.6 Å². The second-order valence-corrected chi connectivity index (χ2v) is 4.66. The Kier molecular flexibility index (Phi) is 1.68. The van der Waals surface area contributed by atoms with E-state index >= 15 is 0 Å². The molecular formula is C11H7BrN2O. The van der Waals surface area contributed by atoms with Crippen LogP contribution in [-0.2, 0) is 10.2 Å². The van der Waals surface area contributed by atoms with Gasteiger partial charge in [-0.25, -0.2) is 0 Å². The molecule has 0 spiro atoms. The first kappa shape index (κ1) is 8.93. The maximum absolute atomic E-state index is 9.29. The zero-order chi connectivity index (χ0) is 10.5. The van der Waals surface area contributed by atoms with Crippen LogP contribution in [0, 0.1) is 17.2 Å². The minimum atomic E-state index is -0.501. The molecule has 0 aromatic carbocycles. The minimum absolute atomic E-state index is 0.219. The summed E-state index contributed by atoms with van der Waals surface area (Å²) in [6.07, 6.45) is 3.43. The minimum Gasteiger partial charge on any atom is -0.500 e. The van der Waals surface area contributed by atoms with Crippen molar-refractivity contribution in [1.29, 1.82) is 5.26 Å². The number of hydrogen-bond acceptors (Lipinski definition) is 3. The molecule has 1 aliphatic carbocycles. The summed E-state index contributed by atoms with van der Waals surface area (Å²) < 4.78 is 6.08. The highest BCUT2D eigenvalue weighted by molar-refractivity contribution is 9.10. The normalized spacial score (nSPS) is 31.2. The van der Waals surface area contributed by atoms with Crippen LogP contribution in [0.4, 0.5) is 0 Å². The van der Waals surface area contributed by atoms with Gasteiger partial charge in [0.15, 0.2) is 0 Å². The van der Waals surface area contributed by atoms with Gasteiger partial charge in [-0.15, -0.1) is 0 Å². The number of halogens is 1. The lowest BCUT2D eigenvalue weighted by molar-refractivity contribution is 0.245. The lowest BCUT2D eigenvalue weighted by atomic mass is 9.99. The number of nitriles is 1. The highest BCUT2D eigenvalue weighted by atomic mass is 79.9. The third-order valence-corrected chi connectivity index (χ3v) is 3.52. The van der Waals surface area contributed by atoms with Gasteiger partial charge in [-0.1, -0.05) is 0 Å². The third-order valence-electron chi connectivity index (χ3n) is 3.05. The summed E-state index contributed by atoms with van der Waals surface area (Å²) >= 11 is 3.33. The van der Waals surface area contributed by atoms with Crippen molar-refractivity contribution in [3.05, 3.63) is 40.3 Å². The van der Waals surface area contributed by atoms with Crippen molar-refractivity contribution in [2.45, 2.75) is 5.41 Å². The molecule has 3 nitrogen and oxygen atoms in total. The van der Waals surface area contributed by atoms with Crippen molar-refractivity contribution in [2.75, 3.05) is 6.61 Å². The maximum atomic E-state index is 9.29. The molecule has 1 unspecified atom stereocenters. The van der Waals surface area contributed by atoms with E-state index in [1.165, 1.54) is 0 Å². The summed E-state index contributed by atoms with van der Waals surface area (Å²) in [6.45, 7) is 0.612. The van der Waals surface area contributed by atoms with Gasteiger partial charge in [0.1, 0.15) is 5.41 Å². The van der Waals surface area contributed by atoms with E-state index < -0.39 is 5.41 Å². The van der Waals surface area contributed by atoms with Crippen molar-refractivity contribution in [3.8, 4) is 6.07 Å². The Morgan fingerprint density at radius 2 is 2.47 bits per heavy atom. The molecule has 0 amide bonds. The fourth-order valence-corrected chi connectivity index (χ4v) is 2.41. The number of ether oxygens (including phenoxy) is 1. The lowest BCUT2D eigenvalue weighted by Crippen LogP contribution is -2.13. The van der Waals surface area contributed by atoms with Gasteiger partial charge in [0.05, 0.1) is 24.6 Å². The van der Waals surface area contributed by atoms with Crippen LogP contribution in [-0.4, -0.2) is 11.6 Å². The molecule has 1 aliphatic heterocycles. The second-order valence-electron chi connectivity index (χ2n) is 3.74. The predicted molar refractivity (Wildman–Crippen MR) is 56.8 cm³/mol. The Labute approximate surface area is 95.5 Å². The molecule has 1 aromatic heterocycles. The van der Waals surface area contributed by atoms with Crippen LogP contribution < -0.4 is 0 Å². The van der Waals surface area contributed by atoms with Crippen LogP contribution in [0.5, 0.6) is 0 Å².